The van der Waals surface area contributed by atoms with Gasteiger partial charge < -0.3 is 6.15 Å². The largest absolute Gasteiger partial charge is 0.344 e. The van der Waals surface area contributed by atoms with Crippen LogP contribution < -0.4 is 6.15 Å². The van der Waals surface area contributed by atoms with Crippen molar-refractivity contribution in [1.82, 2.24) is 11.1 Å². The van der Waals surface area contributed by atoms with E-state index in [4.69, 9.17) is 0 Å². The second kappa shape index (κ2) is 7.07. The van der Waals surface area contributed by atoms with Crippen molar-refractivity contribution in [1.29, 1.82) is 0 Å². The fourth-order valence-electron chi connectivity index (χ4n) is 1.11. The molecule has 2 nitrogen and oxygen atoms in total. The van der Waals surface area contributed by atoms with Crippen LogP contribution in [0.15, 0.2) is 18.3 Å². The van der Waals surface area contributed by atoms with E-state index in [0.717, 1.165) is 12.8 Å². The molecule has 1 aromatic heterocycles. The van der Waals surface area contributed by atoms with Gasteiger partial charge in [0.1, 0.15) is 0 Å². The first-order chi connectivity index (χ1) is 4.88. The molecule has 0 amide bonds. The van der Waals surface area contributed by atoms with Gasteiger partial charge in [-0.2, -0.15) is 0 Å². The highest BCUT2D eigenvalue weighted by Gasteiger charge is 1.95. The van der Waals surface area contributed by atoms with Crippen molar-refractivity contribution in [2.24, 2.45) is 0 Å². The lowest BCUT2D eigenvalue weighted by molar-refractivity contribution is 0.964. The second-order valence-electron chi connectivity index (χ2n) is 2.32. The van der Waals surface area contributed by atoms with Crippen LogP contribution >= 0.6 is 12.4 Å². The fraction of sp³-hybridized carbons (Fsp3) is 0.444. The van der Waals surface area contributed by atoms with Gasteiger partial charge in [-0.15, -0.1) is 12.4 Å². The van der Waals surface area contributed by atoms with Crippen molar-refractivity contribution >= 4 is 12.4 Å². The molecule has 3 N–H and O–H groups in total. The summed E-state index contributed by atoms with van der Waals surface area (Å²) in [5.41, 5.74) is 2.62. The molecular weight excluding hydrogens is 172 g/mol. The molecule has 0 unspecified atom stereocenters. The molecular formula is C9H17ClN2. The average Bonchev–Trinajstić information content (AvgIpc) is 2.04. The summed E-state index contributed by atoms with van der Waals surface area (Å²) in [5, 5.41) is 0. The zero-order valence-electron chi connectivity index (χ0n) is 7.71. The number of nitrogens with zero attached hydrogens (tertiary/aromatic N) is 1. The third-order valence-corrected chi connectivity index (χ3v) is 1.70. The topological polar surface area (TPSA) is 47.9 Å². The number of aromatic nitrogens is 1. The summed E-state index contributed by atoms with van der Waals surface area (Å²) in [5.74, 6) is 0. The van der Waals surface area contributed by atoms with E-state index in [1.54, 1.807) is 0 Å². The number of rotatable bonds is 2. The Kier molecular flexibility index (Phi) is 8.22. The predicted octanol–water partition coefficient (Wildman–Crippen LogP) is 2.79. The van der Waals surface area contributed by atoms with Gasteiger partial charge in [-0.05, 0) is 24.5 Å². The van der Waals surface area contributed by atoms with Crippen LogP contribution in [0.5, 0.6) is 0 Å². The molecule has 1 aromatic rings. The third kappa shape index (κ3) is 3.20. The van der Waals surface area contributed by atoms with Gasteiger partial charge in [-0.1, -0.05) is 19.9 Å². The van der Waals surface area contributed by atoms with E-state index in [-0.39, 0.29) is 18.6 Å². The molecule has 0 saturated carbocycles. The van der Waals surface area contributed by atoms with E-state index in [0.29, 0.717) is 0 Å². The Hall–Kier alpha value is -0.600. The number of hydrogen-bond donors (Lipinski definition) is 1. The molecule has 3 heteroatoms. The quantitative estimate of drug-likeness (QED) is 0.776. The van der Waals surface area contributed by atoms with Gasteiger partial charge in [0.15, 0.2) is 0 Å². The number of halogens is 1. The van der Waals surface area contributed by atoms with Crippen molar-refractivity contribution in [2.75, 3.05) is 0 Å². The van der Waals surface area contributed by atoms with Crippen molar-refractivity contribution < 1.29 is 0 Å². The Labute approximate surface area is 80.4 Å². The Morgan fingerprint density at radius 3 is 2.33 bits per heavy atom. The van der Waals surface area contributed by atoms with Gasteiger partial charge in [0.05, 0.1) is 0 Å². The summed E-state index contributed by atoms with van der Waals surface area (Å²) in [6.07, 6.45) is 4.00. The zero-order valence-corrected chi connectivity index (χ0v) is 8.53. The summed E-state index contributed by atoms with van der Waals surface area (Å²) in [7, 11) is 0. The van der Waals surface area contributed by atoms with Gasteiger partial charge in [-0.25, -0.2) is 0 Å². The van der Waals surface area contributed by atoms with E-state index in [1.807, 2.05) is 12.3 Å². The molecule has 70 valence electrons. The van der Waals surface area contributed by atoms with E-state index < -0.39 is 0 Å². The van der Waals surface area contributed by atoms with Crippen LogP contribution in [0.4, 0.5) is 0 Å². The minimum Gasteiger partial charge on any atom is -0.344 e. The molecule has 0 atom stereocenters. The number of hydrogen-bond acceptors (Lipinski definition) is 2. The minimum atomic E-state index is 0. The lowest BCUT2D eigenvalue weighted by Crippen LogP contribution is -1.92. The Morgan fingerprint density at radius 2 is 1.92 bits per heavy atom. The first-order valence-electron chi connectivity index (χ1n) is 3.81. The van der Waals surface area contributed by atoms with Crippen LogP contribution in [0.2, 0.25) is 0 Å². The first-order valence-corrected chi connectivity index (χ1v) is 3.81. The third-order valence-electron chi connectivity index (χ3n) is 1.70. The maximum absolute atomic E-state index is 4.27. The first kappa shape index (κ1) is 14.0. The van der Waals surface area contributed by atoms with Crippen LogP contribution in [-0.2, 0) is 12.8 Å². The molecule has 12 heavy (non-hydrogen) atoms. The monoisotopic (exact) mass is 188 g/mol. The van der Waals surface area contributed by atoms with Crippen molar-refractivity contribution in [3.8, 4) is 0 Å². The van der Waals surface area contributed by atoms with Gasteiger partial charge in [-0.3, -0.25) is 4.98 Å². The molecule has 1 heterocycles. The van der Waals surface area contributed by atoms with Crippen LogP contribution in [-0.4, -0.2) is 4.98 Å². The summed E-state index contributed by atoms with van der Waals surface area (Å²) < 4.78 is 0. The van der Waals surface area contributed by atoms with E-state index >= 15 is 0 Å². The standard InChI is InChI=1S/C9H13N.ClH.H3N/c1-3-8-6-5-7-10-9(8)4-2;;/h5-7H,3-4H2,1-2H3;1H;1H3. The maximum Gasteiger partial charge on any atom is 0.0432 e. The number of pyridine rings is 1. The maximum atomic E-state index is 4.27. The van der Waals surface area contributed by atoms with Crippen molar-refractivity contribution in [2.45, 2.75) is 26.7 Å². The Bertz CT molecular complexity index is 190. The van der Waals surface area contributed by atoms with Gasteiger partial charge in [0, 0.05) is 11.9 Å². The molecule has 1 rings (SSSR count). The van der Waals surface area contributed by atoms with Crippen molar-refractivity contribution in [3.63, 3.8) is 0 Å². The molecule has 0 aliphatic heterocycles. The summed E-state index contributed by atoms with van der Waals surface area (Å²) >= 11 is 0. The molecule has 0 fully saturated rings. The van der Waals surface area contributed by atoms with E-state index in [9.17, 15) is 0 Å². The Morgan fingerprint density at radius 1 is 1.25 bits per heavy atom. The van der Waals surface area contributed by atoms with Gasteiger partial charge in [0.2, 0.25) is 0 Å². The molecule has 0 saturated heterocycles. The summed E-state index contributed by atoms with van der Waals surface area (Å²) in [6, 6.07) is 4.14. The van der Waals surface area contributed by atoms with Crippen LogP contribution in [0.1, 0.15) is 25.1 Å². The van der Waals surface area contributed by atoms with Crippen molar-refractivity contribution in [3.05, 3.63) is 29.6 Å². The molecule has 0 aromatic carbocycles. The van der Waals surface area contributed by atoms with Crippen LogP contribution in [0, 0.1) is 0 Å². The average molecular weight is 189 g/mol. The van der Waals surface area contributed by atoms with E-state index in [1.165, 1.54) is 11.3 Å². The molecule has 0 aliphatic carbocycles. The lowest BCUT2D eigenvalue weighted by atomic mass is 10.1. The van der Waals surface area contributed by atoms with Gasteiger partial charge >= 0.3 is 0 Å². The lowest BCUT2D eigenvalue weighted by Gasteiger charge is -2.01. The van der Waals surface area contributed by atoms with E-state index in [2.05, 4.69) is 24.9 Å². The molecule has 0 aliphatic rings. The highest BCUT2D eigenvalue weighted by Crippen LogP contribution is 2.05. The zero-order chi connectivity index (χ0) is 7.40. The second-order valence-corrected chi connectivity index (χ2v) is 2.32. The highest BCUT2D eigenvalue weighted by atomic mass is 35.5. The molecule has 0 bridgehead atoms. The molecule has 0 spiro atoms. The Balaban J connectivity index is 0. The predicted molar refractivity (Wildman–Crippen MR) is 55.3 cm³/mol. The van der Waals surface area contributed by atoms with Crippen LogP contribution in [0.3, 0.4) is 0 Å². The highest BCUT2D eigenvalue weighted by molar-refractivity contribution is 5.85. The molecule has 0 radical (unpaired) electrons. The smallest absolute Gasteiger partial charge is 0.0432 e. The fourth-order valence-corrected chi connectivity index (χ4v) is 1.11. The van der Waals surface area contributed by atoms with Crippen LogP contribution in [0.25, 0.3) is 0 Å². The summed E-state index contributed by atoms with van der Waals surface area (Å²) in [4.78, 5) is 4.27. The number of aryl methyl sites for hydroxylation is 2. The SMILES string of the molecule is CCc1cccnc1CC.Cl.N. The summed E-state index contributed by atoms with van der Waals surface area (Å²) in [6.45, 7) is 4.30. The minimum absolute atomic E-state index is 0. The van der Waals surface area contributed by atoms with Gasteiger partial charge in [0.25, 0.3) is 0 Å². The normalized spacial score (nSPS) is 8.17.